The fourth-order valence-corrected chi connectivity index (χ4v) is 2.66. The van der Waals surface area contributed by atoms with E-state index in [1.165, 1.54) is 9.47 Å². The van der Waals surface area contributed by atoms with E-state index >= 15 is 0 Å². The number of ether oxygens (including phenoxy) is 2. The van der Waals surface area contributed by atoms with Crippen molar-refractivity contribution in [1.29, 1.82) is 0 Å². The maximum Gasteiger partial charge on any atom is 0.410 e. The zero-order valence-corrected chi connectivity index (χ0v) is 12.1. The van der Waals surface area contributed by atoms with Gasteiger partial charge >= 0.3 is 17.9 Å². The van der Waals surface area contributed by atoms with Crippen LogP contribution in [0.1, 0.15) is 6.92 Å². The minimum atomic E-state index is -0.535. The maximum atomic E-state index is 11.9. The predicted octanol–water partition coefficient (Wildman–Crippen LogP) is 1.07. The molecule has 0 N–H and O–H groups in total. The number of cyclic esters (lactones) is 1. The van der Waals surface area contributed by atoms with Crippen LogP contribution in [0, 0.1) is 10.1 Å². The van der Waals surface area contributed by atoms with E-state index in [1.807, 2.05) is 0 Å². The lowest BCUT2D eigenvalue weighted by Crippen LogP contribution is -2.45. The molecule has 0 saturated carbocycles. The van der Waals surface area contributed by atoms with Crippen LogP contribution in [0.25, 0.3) is 10.4 Å². The van der Waals surface area contributed by atoms with E-state index in [2.05, 4.69) is 15.0 Å². The highest BCUT2D eigenvalue weighted by Gasteiger charge is 2.43. The number of nitro groups is 1. The summed E-state index contributed by atoms with van der Waals surface area (Å²) in [4.78, 5) is 30.2. The van der Waals surface area contributed by atoms with Crippen LogP contribution in [0.4, 0.5) is 10.6 Å². The van der Waals surface area contributed by atoms with Crippen LogP contribution in [0.5, 0.6) is 6.01 Å². The summed E-state index contributed by atoms with van der Waals surface area (Å²) >= 11 is 0. The summed E-state index contributed by atoms with van der Waals surface area (Å²) in [5.41, 5.74) is 8.31. The molecule has 3 atom stereocenters. The molecule has 1 aromatic rings. The molecule has 3 rings (SSSR count). The Morgan fingerprint density at radius 2 is 2.39 bits per heavy atom. The van der Waals surface area contributed by atoms with Crippen LogP contribution in [0.3, 0.4) is 0 Å². The molecular formula is C11H13N7O5. The first-order valence-corrected chi connectivity index (χ1v) is 6.86. The van der Waals surface area contributed by atoms with Crippen molar-refractivity contribution >= 4 is 11.9 Å². The molecule has 0 aliphatic carbocycles. The van der Waals surface area contributed by atoms with Gasteiger partial charge in [-0.1, -0.05) is 5.11 Å². The summed E-state index contributed by atoms with van der Waals surface area (Å²) in [6.07, 6.45) is -0.369. The Morgan fingerprint density at radius 1 is 1.61 bits per heavy atom. The van der Waals surface area contributed by atoms with Gasteiger partial charge in [0.1, 0.15) is 18.8 Å². The molecule has 3 heterocycles. The normalized spacial score (nSPS) is 23.7. The SMILES string of the molecule is CC(C1Cn2c([N+](=O)[O-])cnc2O1)N1CC(CN=[N+]=[N-])OC1=O. The molecule has 1 amide bonds. The third-order valence-corrected chi connectivity index (χ3v) is 3.88. The molecule has 3 unspecified atom stereocenters. The number of hydrogen-bond donors (Lipinski definition) is 0. The highest BCUT2D eigenvalue weighted by molar-refractivity contribution is 5.70. The molecule has 1 aromatic heterocycles. The third-order valence-electron chi connectivity index (χ3n) is 3.88. The van der Waals surface area contributed by atoms with E-state index < -0.39 is 23.2 Å². The van der Waals surface area contributed by atoms with Gasteiger partial charge in [-0.2, -0.15) is 9.55 Å². The summed E-state index contributed by atoms with van der Waals surface area (Å²) in [6, 6.07) is -0.216. The van der Waals surface area contributed by atoms with Crippen LogP contribution < -0.4 is 4.74 Å². The smallest absolute Gasteiger partial charge is 0.410 e. The lowest BCUT2D eigenvalue weighted by Gasteiger charge is -2.25. The van der Waals surface area contributed by atoms with Gasteiger partial charge in [-0.15, -0.1) is 0 Å². The van der Waals surface area contributed by atoms with Crippen LogP contribution in [-0.4, -0.2) is 56.8 Å². The predicted molar refractivity (Wildman–Crippen MR) is 73.7 cm³/mol. The number of nitrogens with zero attached hydrogens (tertiary/aromatic N) is 7. The van der Waals surface area contributed by atoms with Crippen molar-refractivity contribution in [1.82, 2.24) is 14.5 Å². The second-order valence-electron chi connectivity index (χ2n) is 5.24. The first-order chi connectivity index (χ1) is 11.0. The molecule has 122 valence electrons. The quantitative estimate of drug-likeness (QED) is 0.260. The first kappa shape index (κ1) is 14.9. The molecule has 0 spiro atoms. The number of amides is 1. The van der Waals surface area contributed by atoms with E-state index in [4.69, 9.17) is 15.0 Å². The minimum Gasteiger partial charge on any atom is -0.444 e. The monoisotopic (exact) mass is 323 g/mol. The Balaban J connectivity index is 1.68. The highest BCUT2D eigenvalue weighted by Crippen LogP contribution is 2.30. The average molecular weight is 323 g/mol. The summed E-state index contributed by atoms with van der Waals surface area (Å²) in [5, 5.41) is 14.3. The zero-order chi connectivity index (χ0) is 16.6. The molecule has 0 aromatic carbocycles. The summed E-state index contributed by atoms with van der Waals surface area (Å²) in [6.45, 7) is 2.31. The van der Waals surface area contributed by atoms with Crippen LogP contribution in [0.15, 0.2) is 11.3 Å². The molecule has 1 fully saturated rings. The van der Waals surface area contributed by atoms with Gasteiger partial charge < -0.3 is 19.6 Å². The second-order valence-corrected chi connectivity index (χ2v) is 5.24. The van der Waals surface area contributed by atoms with E-state index in [0.29, 0.717) is 0 Å². The molecule has 12 heteroatoms. The van der Waals surface area contributed by atoms with Crippen LogP contribution >= 0.6 is 0 Å². The van der Waals surface area contributed by atoms with Crippen molar-refractivity contribution in [2.24, 2.45) is 5.11 Å². The topological polar surface area (TPSA) is 148 Å². The molecule has 12 nitrogen and oxygen atoms in total. The van der Waals surface area contributed by atoms with Crippen molar-refractivity contribution in [3.63, 3.8) is 0 Å². The van der Waals surface area contributed by atoms with Crippen molar-refractivity contribution in [2.75, 3.05) is 13.1 Å². The first-order valence-electron chi connectivity index (χ1n) is 6.86. The van der Waals surface area contributed by atoms with Crippen LogP contribution in [-0.2, 0) is 11.3 Å². The van der Waals surface area contributed by atoms with Crippen molar-refractivity contribution in [3.8, 4) is 6.01 Å². The van der Waals surface area contributed by atoms with Crippen molar-refractivity contribution in [2.45, 2.75) is 31.7 Å². The van der Waals surface area contributed by atoms with Gasteiger partial charge in [-0.25, -0.2) is 4.79 Å². The van der Waals surface area contributed by atoms with Gasteiger partial charge in [-0.3, -0.25) is 4.90 Å². The minimum absolute atomic E-state index is 0.0596. The Bertz CT molecular complexity index is 697. The molecule has 0 bridgehead atoms. The number of carbonyl (C=O) groups excluding carboxylic acids is 1. The lowest BCUT2D eigenvalue weighted by molar-refractivity contribution is -0.392. The van der Waals surface area contributed by atoms with Crippen molar-refractivity contribution < 1.29 is 19.2 Å². The highest BCUT2D eigenvalue weighted by atomic mass is 16.6. The summed E-state index contributed by atoms with van der Waals surface area (Å²) < 4.78 is 12.1. The number of fused-ring (bicyclic) bond motifs is 1. The summed E-state index contributed by atoms with van der Waals surface area (Å²) in [5.74, 6) is -0.153. The van der Waals surface area contributed by atoms with E-state index in [9.17, 15) is 14.9 Å². The van der Waals surface area contributed by atoms with Gasteiger partial charge in [0.2, 0.25) is 0 Å². The molecular weight excluding hydrogens is 310 g/mol. The maximum absolute atomic E-state index is 11.9. The second kappa shape index (κ2) is 5.65. The number of imidazole rings is 1. The van der Waals surface area contributed by atoms with Gasteiger partial charge in [-0.05, 0) is 17.4 Å². The number of rotatable bonds is 5. The Morgan fingerprint density at radius 3 is 3.09 bits per heavy atom. The fraction of sp³-hybridized carbons (Fsp3) is 0.636. The third kappa shape index (κ3) is 2.59. The number of carbonyl (C=O) groups is 1. The summed E-state index contributed by atoms with van der Waals surface area (Å²) in [7, 11) is 0. The fourth-order valence-electron chi connectivity index (χ4n) is 2.66. The standard InChI is InChI=1S/C11H13N7O5/c1-6(16-4-7(2-14-15-12)22-11(16)19)8-5-17-9(18(20)21)3-13-10(17)23-8/h3,6-8H,2,4-5H2,1H3. The Kier molecular flexibility index (Phi) is 3.66. The van der Waals surface area contributed by atoms with Gasteiger partial charge in [0.05, 0.1) is 19.1 Å². The largest absolute Gasteiger partial charge is 0.444 e. The average Bonchev–Trinajstić information content (AvgIpc) is 3.17. The van der Waals surface area contributed by atoms with Crippen LogP contribution in [0.2, 0.25) is 0 Å². The van der Waals surface area contributed by atoms with Gasteiger partial charge in [0, 0.05) is 4.91 Å². The van der Waals surface area contributed by atoms with E-state index in [0.717, 1.165) is 6.20 Å². The number of azide groups is 1. The molecule has 2 aliphatic rings. The number of hydrogen-bond acceptors (Lipinski definition) is 7. The molecule has 2 aliphatic heterocycles. The Labute approximate surface area is 129 Å². The molecule has 0 radical (unpaired) electrons. The zero-order valence-electron chi connectivity index (χ0n) is 12.1. The Hall–Kier alpha value is -3.01. The van der Waals surface area contributed by atoms with E-state index in [-0.39, 0.29) is 37.5 Å². The molecule has 23 heavy (non-hydrogen) atoms. The lowest BCUT2D eigenvalue weighted by atomic mass is 10.1. The van der Waals surface area contributed by atoms with Gasteiger partial charge in [0.25, 0.3) is 0 Å². The van der Waals surface area contributed by atoms with Crippen molar-refractivity contribution in [3.05, 3.63) is 26.8 Å². The molecule has 1 saturated heterocycles. The van der Waals surface area contributed by atoms with E-state index in [1.54, 1.807) is 6.92 Å². The number of aromatic nitrogens is 2. The van der Waals surface area contributed by atoms with Gasteiger partial charge in [0.15, 0.2) is 6.10 Å².